The van der Waals surface area contributed by atoms with Gasteiger partial charge in [0.15, 0.2) is 0 Å². The highest BCUT2D eigenvalue weighted by molar-refractivity contribution is 5.96. The van der Waals surface area contributed by atoms with E-state index in [1.54, 1.807) is 6.20 Å². The summed E-state index contributed by atoms with van der Waals surface area (Å²) in [6.45, 7) is 1.71. The third kappa shape index (κ3) is 3.35. The van der Waals surface area contributed by atoms with Crippen molar-refractivity contribution in [1.82, 2.24) is 9.88 Å². The van der Waals surface area contributed by atoms with Crippen molar-refractivity contribution in [2.45, 2.75) is 6.42 Å². The second kappa shape index (κ2) is 6.38. The monoisotopic (exact) mass is 259 g/mol. The molecule has 0 aliphatic rings. The van der Waals surface area contributed by atoms with E-state index in [9.17, 15) is 0 Å². The van der Waals surface area contributed by atoms with Gasteiger partial charge in [-0.2, -0.15) is 0 Å². The predicted molar refractivity (Wildman–Crippen MR) is 80.0 cm³/mol. The molecule has 0 saturated carbocycles. The zero-order valence-electron chi connectivity index (χ0n) is 11.8. The van der Waals surface area contributed by atoms with Crippen LogP contribution >= 0.6 is 0 Å². The Morgan fingerprint density at radius 3 is 2.79 bits per heavy atom. The van der Waals surface area contributed by atoms with Gasteiger partial charge in [0.05, 0.1) is 6.61 Å². The van der Waals surface area contributed by atoms with Crippen LogP contribution in [0, 0.1) is 0 Å². The summed E-state index contributed by atoms with van der Waals surface area (Å²) < 4.78 is 5.80. The molecule has 0 aliphatic carbocycles. The summed E-state index contributed by atoms with van der Waals surface area (Å²) in [4.78, 5) is 6.49. The number of aromatic nitrogens is 1. The summed E-state index contributed by atoms with van der Waals surface area (Å²) in [5.41, 5.74) is 1.10. The highest BCUT2D eigenvalue weighted by Gasteiger charge is 2.06. The number of benzene rings is 1. The van der Waals surface area contributed by atoms with Crippen LogP contribution in [0.2, 0.25) is 0 Å². The Morgan fingerprint density at radius 1 is 1.21 bits per heavy atom. The smallest absolute Gasteiger partial charge is 0.221 e. The van der Waals surface area contributed by atoms with Crippen LogP contribution in [-0.2, 0) is 0 Å². The van der Waals surface area contributed by atoms with Gasteiger partial charge in [-0.3, -0.25) is 0 Å². The van der Waals surface area contributed by atoms with Gasteiger partial charge in [0, 0.05) is 36.2 Å². The van der Waals surface area contributed by atoms with Crippen molar-refractivity contribution in [2.75, 3.05) is 39.6 Å². The number of rotatable bonds is 6. The molecule has 0 atom stereocenters. The summed E-state index contributed by atoms with van der Waals surface area (Å²) in [6, 6.07) is 8.12. The molecule has 0 radical (unpaired) electrons. The molecule has 4 nitrogen and oxygen atoms in total. The average molecular weight is 259 g/mol. The molecule has 0 unspecified atom stereocenters. The van der Waals surface area contributed by atoms with E-state index >= 15 is 0 Å². The van der Waals surface area contributed by atoms with E-state index in [1.165, 1.54) is 0 Å². The molecule has 4 heteroatoms. The van der Waals surface area contributed by atoms with Crippen molar-refractivity contribution >= 4 is 16.5 Å². The minimum absolute atomic E-state index is 0.689. The van der Waals surface area contributed by atoms with E-state index in [0.29, 0.717) is 12.5 Å². The van der Waals surface area contributed by atoms with Gasteiger partial charge in [0.25, 0.3) is 0 Å². The molecule has 19 heavy (non-hydrogen) atoms. The van der Waals surface area contributed by atoms with E-state index in [1.807, 2.05) is 25.2 Å². The lowest BCUT2D eigenvalue weighted by Gasteiger charge is -2.12. The molecule has 1 aromatic heterocycles. The van der Waals surface area contributed by atoms with Crippen LogP contribution in [0.25, 0.3) is 10.8 Å². The quantitative estimate of drug-likeness (QED) is 0.809. The molecule has 0 aliphatic heterocycles. The molecule has 0 amide bonds. The van der Waals surface area contributed by atoms with Crippen LogP contribution in [0.4, 0.5) is 5.69 Å². The Bertz CT molecular complexity index is 540. The number of nitrogens with one attached hydrogen (secondary N) is 1. The van der Waals surface area contributed by atoms with E-state index < -0.39 is 0 Å². The van der Waals surface area contributed by atoms with Crippen LogP contribution in [0.15, 0.2) is 30.5 Å². The zero-order valence-corrected chi connectivity index (χ0v) is 11.8. The molecule has 0 saturated heterocycles. The molecule has 0 spiro atoms. The molecular formula is C15H21N3O. The summed E-state index contributed by atoms with van der Waals surface area (Å²) >= 11 is 0. The van der Waals surface area contributed by atoms with Gasteiger partial charge in [-0.25, -0.2) is 4.98 Å². The minimum Gasteiger partial charge on any atom is -0.477 e. The normalized spacial score (nSPS) is 10.9. The minimum atomic E-state index is 0.689. The van der Waals surface area contributed by atoms with E-state index in [4.69, 9.17) is 4.74 Å². The van der Waals surface area contributed by atoms with Crippen LogP contribution in [0.3, 0.4) is 0 Å². The lowest BCUT2D eigenvalue weighted by molar-refractivity contribution is 0.276. The van der Waals surface area contributed by atoms with Gasteiger partial charge in [0.1, 0.15) is 0 Å². The summed E-state index contributed by atoms with van der Waals surface area (Å²) in [5.74, 6) is 0.716. The lowest BCUT2D eigenvalue weighted by atomic mass is 10.1. The van der Waals surface area contributed by atoms with Crippen LogP contribution in [0.1, 0.15) is 6.42 Å². The first-order valence-electron chi connectivity index (χ1n) is 6.55. The maximum Gasteiger partial charge on any atom is 0.221 e. The molecule has 102 valence electrons. The fourth-order valence-corrected chi connectivity index (χ4v) is 2.06. The number of anilines is 1. The van der Waals surface area contributed by atoms with E-state index in [0.717, 1.165) is 29.4 Å². The van der Waals surface area contributed by atoms with Gasteiger partial charge < -0.3 is 15.0 Å². The Kier molecular flexibility index (Phi) is 4.58. The van der Waals surface area contributed by atoms with Crippen LogP contribution in [-0.4, -0.2) is 44.2 Å². The predicted octanol–water partition coefficient (Wildman–Crippen LogP) is 2.61. The van der Waals surface area contributed by atoms with Crippen molar-refractivity contribution < 1.29 is 4.74 Å². The zero-order chi connectivity index (χ0) is 13.7. The average Bonchev–Trinajstić information content (AvgIpc) is 2.42. The van der Waals surface area contributed by atoms with Gasteiger partial charge in [0.2, 0.25) is 5.88 Å². The van der Waals surface area contributed by atoms with Crippen LogP contribution in [0.5, 0.6) is 5.88 Å². The topological polar surface area (TPSA) is 37.4 Å². The molecule has 1 aromatic carbocycles. The number of nitrogens with zero attached hydrogens (tertiary/aromatic N) is 2. The number of ether oxygens (including phenoxy) is 1. The first-order chi connectivity index (χ1) is 9.22. The Hall–Kier alpha value is -1.81. The molecule has 2 aromatic rings. The van der Waals surface area contributed by atoms with Crippen molar-refractivity contribution in [3.63, 3.8) is 0 Å². The molecule has 1 N–H and O–H groups in total. The summed E-state index contributed by atoms with van der Waals surface area (Å²) in [7, 11) is 6.05. The highest BCUT2D eigenvalue weighted by Crippen LogP contribution is 2.28. The van der Waals surface area contributed by atoms with Gasteiger partial charge in [-0.05, 0) is 38.7 Å². The molecule has 0 fully saturated rings. The molecular weight excluding hydrogens is 238 g/mol. The van der Waals surface area contributed by atoms with E-state index in [-0.39, 0.29) is 0 Å². The second-order valence-electron chi connectivity index (χ2n) is 4.77. The Balaban J connectivity index is 2.15. The van der Waals surface area contributed by atoms with Gasteiger partial charge in [-0.1, -0.05) is 6.07 Å². The Labute approximate surface area is 114 Å². The second-order valence-corrected chi connectivity index (χ2v) is 4.77. The maximum atomic E-state index is 5.80. The van der Waals surface area contributed by atoms with Crippen molar-refractivity contribution in [3.05, 3.63) is 30.5 Å². The third-order valence-corrected chi connectivity index (χ3v) is 3.03. The van der Waals surface area contributed by atoms with Crippen molar-refractivity contribution in [2.24, 2.45) is 0 Å². The number of fused-ring (bicyclic) bond motifs is 1. The molecule has 1 heterocycles. The molecule has 2 rings (SSSR count). The SMILES string of the molecule is CNc1cccc2c(OCCCN(C)C)nccc12. The molecule has 0 bridgehead atoms. The van der Waals surface area contributed by atoms with Gasteiger partial charge in [-0.15, -0.1) is 0 Å². The first kappa shape index (κ1) is 13.6. The largest absolute Gasteiger partial charge is 0.477 e. The van der Waals surface area contributed by atoms with Gasteiger partial charge >= 0.3 is 0 Å². The van der Waals surface area contributed by atoms with Crippen molar-refractivity contribution in [3.8, 4) is 5.88 Å². The number of pyridine rings is 1. The maximum absolute atomic E-state index is 5.80. The van der Waals surface area contributed by atoms with Crippen molar-refractivity contribution in [1.29, 1.82) is 0 Å². The number of hydrogen-bond donors (Lipinski definition) is 1. The number of hydrogen-bond acceptors (Lipinski definition) is 4. The fraction of sp³-hybridized carbons (Fsp3) is 0.400. The fourth-order valence-electron chi connectivity index (χ4n) is 2.06. The van der Waals surface area contributed by atoms with Crippen LogP contribution < -0.4 is 10.1 Å². The first-order valence-corrected chi connectivity index (χ1v) is 6.55. The summed E-state index contributed by atoms with van der Waals surface area (Å²) in [6.07, 6.45) is 2.79. The standard InChI is InChI=1S/C15H21N3O/c1-16-14-7-4-6-13-12(14)8-9-17-15(13)19-11-5-10-18(2)3/h4,6-9,16H,5,10-11H2,1-3H3. The highest BCUT2D eigenvalue weighted by atomic mass is 16.5. The Morgan fingerprint density at radius 2 is 2.05 bits per heavy atom. The summed E-state index contributed by atoms with van der Waals surface area (Å²) in [5, 5.41) is 5.39. The third-order valence-electron chi connectivity index (χ3n) is 3.03. The van der Waals surface area contributed by atoms with E-state index in [2.05, 4.69) is 35.4 Å². The lowest BCUT2D eigenvalue weighted by Crippen LogP contribution is -2.15.